The minimum Gasteiger partial charge on any atom is -0.326 e. The van der Waals surface area contributed by atoms with Crippen LogP contribution >= 0.6 is 39.9 Å². The Hall–Kier alpha value is 0.160. The summed E-state index contributed by atoms with van der Waals surface area (Å²) in [6.45, 7) is 0. The maximum atomic E-state index is 10.5. The van der Waals surface area contributed by atoms with E-state index >= 15 is 0 Å². The summed E-state index contributed by atoms with van der Waals surface area (Å²) in [4.78, 5) is 17.8. The Morgan fingerprint density at radius 2 is 1.59 bits per heavy atom. The van der Waals surface area contributed by atoms with Gasteiger partial charge in [0.2, 0.25) is 5.62 Å². The standard InChI is InChI=1S/C7H9ClO6P2S/c8-5-1-3-6(4-2-5)17-7(13-15(9)10)14-16(11)12/h1-4,7,15-16H,(H,9,10)(H,11,12). The van der Waals surface area contributed by atoms with Crippen LogP contribution in [-0.4, -0.2) is 15.4 Å². The molecule has 0 aliphatic heterocycles. The highest BCUT2D eigenvalue weighted by atomic mass is 35.5. The fourth-order valence-electron chi connectivity index (χ4n) is 0.861. The lowest BCUT2D eigenvalue weighted by Crippen LogP contribution is -2.04. The summed E-state index contributed by atoms with van der Waals surface area (Å²) in [6, 6.07) is 6.45. The number of rotatable bonds is 6. The molecule has 1 aromatic rings. The molecule has 2 unspecified atom stereocenters. The molecule has 1 aromatic carbocycles. The van der Waals surface area contributed by atoms with Gasteiger partial charge in [-0.05, 0) is 24.3 Å². The number of hydrogen-bond acceptors (Lipinski definition) is 5. The largest absolute Gasteiger partial charge is 0.326 e. The van der Waals surface area contributed by atoms with Crippen LogP contribution in [0.3, 0.4) is 0 Å². The Kier molecular flexibility index (Phi) is 6.77. The molecule has 96 valence electrons. The van der Waals surface area contributed by atoms with E-state index in [0.717, 1.165) is 11.8 Å². The van der Waals surface area contributed by atoms with Gasteiger partial charge in [-0.1, -0.05) is 23.4 Å². The Morgan fingerprint density at radius 3 is 2.00 bits per heavy atom. The first-order chi connectivity index (χ1) is 7.97. The molecule has 0 aliphatic carbocycles. The lowest BCUT2D eigenvalue weighted by atomic mass is 10.4. The Balaban J connectivity index is 2.67. The molecule has 10 heteroatoms. The average Bonchev–Trinajstić information content (AvgIpc) is 2.19. The molecule has 0 spiro atoms. The fraction of sp³-hybridized carbons (Fsp3) is 0.143. The highest BCUT2D eigenvalue weighted by molar-refractivity contribution is 7.99. The van der Waals surface area contributed by atoms with Gasteiger partial charge in [-0.2, -0.15) is 0 Å². The highest BCUT2D eigenvalue weighted by Gasteiger charge is 2.16. The van der Waals surface area contributed by atoms with Crippen molar-refractivity contribution in [1.29, 1.82) is 0 Å². The monoisotopic (exact) mass is 318 g/mol. The first-order valence-corrected chi connectivity index (χ1v) is 7.97. The van der Waals surface area contributed by atoms with Crippen molar-refractivity contribution < 1.29 is 28.0 Å². The van der Waals surface area contributed by atoms with Gasteiger partial charge in [-0.25, -0.2) is 0 Å². The van der Waals surface area contributed by atoms with Crippen molar-refractivity contribution >= 4 is 39.9 Å². The zero-order chi connectivity index (χ0) is 12.8. The van der Waals surface area contributed by atoms with E-state index in [1.165, 1.54) is 0 Å². The van der Waals surface area contributed by atoms with E-state index in [1.54, 1.807) is 24.3 Å². The molecule has 2 atom stereocenters. The minimum absolute atomic E-state index is 0.527. The second-order valence-corrected chi connectivity index (χ2v) is 5.69. The molecule has 2 N–H and O–H groups in total. The second-order valence-electron chi connectivity index (χ2n) is 2.63. The zero-order valence-corrected chi connectivity index (χ0v) is 11.8. The number of thioether (sulfide) groups is 1. The Bertz CT molecular complexity index is 397. The minimum atomic E-state index is -3.26. The molecule has 0 aliphatic rings. The van der Waals surface area contributed by atoms with Gasteiger partial charge in [0, 0.05) is 9.92 Å². The summed E-state index contributed by atoms with van der Waals surface area (Å²) in [7, 11) is -6.52. The van der Waals surface area contributed by atoms with Gasteiger partial charge in [-0.15, -0.1) is 0 Å². The van der Waals surface area contributed by atoms with Gasteiger partial charge >= 0.3 is 16.5 Å². The van der Waals surface area contributed by atoms with Crippen molar-refractivity contribution in [2.24, 2.45) is 0 Å². The summed E-state index contributed by atoms with van der Waals surface area (Å²) in [5.74, 6) is 0. The van der Waals surface area contributed by atoms with Crippen LogP contribution in [0.2, 0.25) is 5.02 Å². The third kappa shape index (κ3) is 6.60. The second kappa shape index (κ2) is 7.56. The van der Waals surface area contributed by atoms with E-state index in [0.29, 0.717) is 9.92 Å². The highest BCUT2D eigenvalue weighted by Crippen LogP contribution is 2.36. The average molecular weight is 319 g/mol. The van der Waals surface area contributed by atoms with E-state index in [9.17, 15) is 9.13 Å². The van der Waals surface area contributed by atoms with Crippen LogP contribution in [0, 0.1) is 0 Å². The lowest BCUT2D eigenvalue weighted by Gasteiger charge is -2.13. The first kappa shape index (κ1) is 15.2. The van der Waals surface area contributed by atoms with Crippen LogP contribution in [0.15, 0.2) is 29.2 Å². The smallest absolute Gasteiger partial charge is 0.319 e. The van der Waals surface area contributed by atoms with Gasteiger partial charge in [0.1, 0.15) is 0 Å². The Morgan fingerprint density at radius 1 is 1.12 bits per heavy atom. The SMILES string of the molecule is O=[PH](O)OC(O[PH](=O)O)Sc1ccc(Cl)cc1. The van der Waals surface area contributed by atoms with E-state index < -0.39 is 22.1 Å². The van der Waals surface area contributed by atoms with Crippen molar-refractivity contribution in [3.63, 3.8) is 0 Å². The normalized spacial score (nSPS) is 16.4. The van der Waals surface area contributed by atoms with Crippen molar-refractivity contribution in [2.45, 2.75) is 10.5 Å². The first-order valence-electron chi connectivity index (χ1n) is 4.19. The Labute approximate surface area is 108 Å². The van der Waals surface area contributed by atoms with Gasteiger partial charge in [0.05, 0.1) is 0 Å². The quantitative estimate of drug-likeness (QED) is 0.473. The van der Waals surface area contributed by atoms with Crippen molar-refractivity contribution in [3.8, 4) is 0 Å². The topological polar surface area (TPSA) is 93.1 Å². The molecular formula is C7H9ClO6P2S. The lowest BCUT2D eigenvalue weighted by molar-refractivity contribution is 0.0777. The molecule has 0 bridgehead atoms. The number of hydrogen-bond donors (Lipinski definition) is 2. The zero-order valence-electron chi connectivity index (χ0n) is 8.20. The van der Waals surface area contributed by atoms with Crippen LogP contribution in [0.25, 0.3) is 0 Å². The maximum Gasteiger partial charge on any atom is 0.319 e. The third-order valence-electron chi connectivity index (χ3n) is 1.44. The summed E-state index contributed by atoms with van der Waals surface area (Å²) in [6.07, 6.45) is 0. The van der Waals surface area contributed by atoms with Crippen molar-refractivity contribution in [3.05, 3.63) is 29.3 Å². The molecule has 0 heterocycles. The molecule has 1 rings (SSSR count). The van der Waals surface area contributed by atoms with Crippen molar-refractivity contribution in [1.82, 2.24) is 0 Å². The van der Waals surface area contributed by atoms with Gasteiger partial charge in [0.15, 0.2) is 0 Å². The van der Waals surface area contributed by atoms with E-state index in [-0.39, 0.29) is 0 Å². The molecule has 17 heavy (non-hydrogen) atoms. The van der Waals surface area contributed by atoms with E-state index in [4.69, 9.17) is 21.4 Å². The molecule has 0 amide bonds. The molecule has 0 radical (unpaired) electrons. The third-order valence-corrected chi connectivity index (χ3v) is 3.79. The van der Waals surface area contributed by atoms with E-state index in [2.05, 4.69) is 9.05 Å². The molecule has 0 aromatic heterocycles. The van der Waals surface area contributed by atoms with Crippen LogP contribution < -0.4 is 0 Å². The summed E-state index contributed by atoms with van der Waals surface area (Å²) in [5, 5.41) is 0.527. The van der Waals surface area contributed by atoms with Gasteiger partial charge in [0.25, 0.3) is 0 Å². The summed E-state index contributed by atoms with van der Waals surface area (Å²) in [5.41, 5.74) is -1.32. The van der Waals surface area contributed by atoms with Crippen LogP contribution in [0.4, 0.5) is 0 Å². The summed E-state index contributed by atoms with van der Waals surface area (Å²) >= 11 is 6.56. The fourth-order valence-corrected chi connectivity index (χ4v) is 2.90. The van der Waals surface area contributed by atoms with E-state index in [1.807, 2.05) is 0 Å². The van der Waals surface area contributed by atoms with Crippen LogP contribution in [0.1, 0.15) is 0 Å². The molecule has 0 fully saturated rings. The summed E-state index contributed by atoms with van der Waals surface area (Å²) < 4.78 is 30.0. The molecule has 6 nitrogen and oxygen atoms in total. The predicted molar refractivity (Wildman–Crippen MR) is 65.7 cm³/mol. The maximum absolute atomic E-state index is 10.5. The van der Waals surface area contributed by atoms with Gasteiger partial charge < -0.3 is 9.79 Å². The predicted octanol–water partition coefficient (Wildman–Crippen LogP) is 2.51. The van der Waals surface area contributed by atoms with Crippen LogP contribution in [-0.2, 0) is 18.2 Å². The molecule has 0 saturated carbocycles. The number of halogens is 1. The molecular weight excluding hydrogens is 310 g/mol. The van der Waals surface area contributed by atoms with Crippen LogP contribution in [0.5, 0.6) is 0 Å². The number of benzene rings is 1. The van der Waals surface area contributed by atoms with Crippen molar-refractivity contribution in [2.75, 3.05) is 0 Å². The van der Waals surface area contributed by atoms with Gasteiger partial charge in [-0.3, -0.25) is 18.2 Å². The molecule has 0 saturated heterocycles.